The predicted molar refractivity (Wildman–Crippen MR) is 95.9 cm³/mol. The topological polar surface area (TPSA) is 29.3 Å². The molecule has 2 nitrogen and oxygen atoms in total. The molecule has 1 aromatic rings. The Balaban J connectivity index is 2.34. The summed E-state index contributed by atoms with van der Waals surface area (Å²) >= 11 is 3.65. The molecule has 0 spiro atoms. The molecule has 1 unspecified atom stereocenters. The second-order valence-corrected chi connectivity index (χ2v) is 7.85. The van der Waals surface area contributed by atoms with Gasteiger partial charge < -0.3 is 10.6 Å². The van der Waals surface area contributed by atoms with Crippen LogP contribution in [0, 0.1) is 5.92 Å². The van der Waals surface area contributed by atoms with E-state index in [2.05, 4.69) is 59.8 Å². The van der Waals surface area contributed by atoms with Gasteiger partial charge >= 0.3 is 0 Å². The molecule has 1 aliphatic carbocycles. The zero-order valence-electron chi connectivity index (χ0n) is 13.6. The zero-order valence-corrected chi connectivity index (χ0v) is 15.2. The molecule has 0 heterocycles. The van der Waals surface area contributed by atoms with Gasteiger partial charge in [0.1, 0.15) is 0 Å². The van der Waals surface area contributed by atoms with Gasteiger partial charge in [-0.1, -0.05) is 48.7 Å². The number of anilines is 1. The fourth-order valence-electron chi connectivity index (χ4n) is 3.38. The molecule has 1 atom stereocenters. The van der Waals surface area contributed by atoms with Crippen LogP contribution >= 0.6 is 15.9 Å². The SMILES string of the molecule is CC(C)CN(c1cc(Br)ccc1CC(C)N)C1CCCC1. The number of hydrogen-bond donors (Lipinski definition) is 1. The van der Waals surface area contributed by atoms with E-state index >= 15 is 0 Å². The molecule has 0 bridgehead atoms. The standard InChI is InChI=1S/C18H29BrN2/c1-13(2)12-21(17-6-4-5-7-17)18-11-16(19)9-8-15(18)10-14(3)20/h8-9,11,13-14,17H,4-7,10,12,20H2,1-3H3. The molecule has 0 aromatic heterocycles. The van der Waals surface area contributed by atoms with Crippen LogP contribution in [0.5, 0.6) is 0 Å². The lowest BCUT2D eigenvalue weighted by Crippen LogP contribution is -2.37. The minimum atomic E-state index is 0.203. The Bertz CT molecular complexity index is 451. The number of hydrogen-bond acceptors (Lipinski definition) is 2. The molecule has 21 heavy (non-hydrogen) atoms. The van der Waals surface area contributed by atoms with Crippen LogP contribution in [0.4, 0.5) is 5.69 Å². The second-order valence-electron chi connectivity index (χ2n) is 6.94. The van der Waals surface area contributed by atoms with Gasteiger partial charge in [0.15, 0.2) is 0 Å². The summed E-state index contributed by atoms with van der Waals surface area (Å²) in [5, 5.41) is 0. The van der Waals surface area contributed by atoms with E-state index in [9.17, 15) is 0 Å². The van der Waals surface area contributed by atoms with Crippen molar-refractivity contribution in [2.75, 3.05) is 11.4 Å². The van der Waals surface area contributed by atoms with E-state index in [0.717, 1.165) is 17.4 Å². The van der Waals surface area contributed by atoms with Crippen molar-refractivity contribution in [2.24, 2.45) is 11.7 Å². The van der Waals surface area contributed by atoms with Gasteiger partial charge in [-0.3, -0.25) is 0 Å². The minimum Gasteiger partial charge on any atom is -0.368 e. The molecule has 2 rings (SSSR count). The third kappa shape index (κ3) is 4.72. The predicted octanol–water partition coefficient (Wildman–Crippen LogP) is 4.74. The van der Waals surface area contributed by atoms with Crippen molar-refractivity contribution in [3.8, 4) is 0 Å². The third-order valence-electron chi connectivity index (χ3n) is 4.23. The maximum absolute atomic E-state index is 6.06. The van der Waals surface area contributed by atoms with E-state index in [-0.39, 0.29) is 6.04 Å². The molecule has 3 heteroatoms. The summed E-state index contributed by atoms with van der Waals surface area (Å²) in [5.41, 5.74) is 8.84. The molecule has 1 fully saturated rings. The number of halogens is 1. The maximum atomic E-state index is 6.06. The summed E-state index contributed by atoms with van der Waals surface area (Å²) in [6.07, 6.45) is 6.35. The van der Waals surface area contributed by atoms with E-state index < -0.39 is 0 Å². The Labute approximate surface area is 138 Å². The number of rotatable bonds is 6. The summed E-state index contributed by atoms with van der Waals surface area (Å²) in [6, 6.07) is 7.58. The largest absolute Gasteiger partial charge is 0.368 e. The van der Waals surface area contributed by atoms with E-state index in [1.54, 1.807) is 0 Å². The monoisotopic (exact) mass is 352 g/mol. The first kappa shape index (κ1) is 16.8. The maximum Gasteiger partial charge on any atom is 0.0413 e. The lowest BCUT2D eigenvalue weighted by Gasteiger charge is -2.35. The Hall–Kier alpha value is -0.540. The highest BCUT2D eigenvalue weighted by atomic mass is 79.9. The van der Waals surface area contributed by atoms with Crippen molar-refractivity contribution in [2.45, 2.75) is 65.0 Å². The highest BCUT2D eigenvalue weighted by molar-refractivity contribution is 9.10. The van der Waals surface area contributed by atoms with Crippen LogP contribution in [0.3, 0.4) is 0 Å². The normalized spacial score (nSPS) is 17.4. The van der Waals surface area contributed by atoms with Crippen LogP contribution in [-0.2, 0) is 6.42 Å². The highest BCUT2D eigenvalue weighted by Crippen LogP contribution is 2.33. The minimum absolute atomic E-state index is 0.203. The Morgan fingerprint density at radius 3 is 2.48 bits per heavy atom. The van der Waals surface area contributed by atoms with Gasteiger partial charge in [0.25, 0.3) is 0 Å². The van der Waals surface area contributed by atoms with Crippen LogP contribution in [0.2, 0.25) is 0 Å². The zero-order chi connectivity index (χ0) is 15.4. The second kappa shape index (κ2) is 7.64. The first-order valence-electron chi connectivity index (χ1n) is 8.28. The van der Waals surface area contributed by atoms with E-state index in [1.165, 1.54) is 36.9 Å². The summed E-state index contributed by atoms with van der Waals surface area (Å²) in [4.78, 5) is 2.65. The van der Waals surface area contributed by atoms with Gasteiger partial charge in [0.2, 0.25) is 0 Å². The van der Waals surface area contributed by atoms with Gasteiger partial charge in [-0.15, -0.1) is 0 Å². The van der Waals surface area contributed by atoms with Crippen molar-refractivity contribution in [1.29, 1.82) is 0 Å². The van der Waals surface area contributed by atoms with Gasteiger partial charge in [0, 0.05) is 28.8 Å². The molecule has 118 valence electrons. The van der Waals surface area contributed by atoms with Crippen LogP contribution in [0.25, 0.3) is 0 Å². The smallest absolute Gasteiger partial charge is 0.0413 e. The fraction of sp³-hybridized carbons (Fsp3) is 0.667. The molecule has 1 aliphatic rings. The van der Waals surface area contributed by atoms with Crippen molar-refractivity contribution < 1.29 is 0 Å². The lowest BCUT2D eigenvalue weighted by molar-refractivity contribution is 0.533. The first-order valence-corrected chi connectivity index (χ1v) is 9.07. The van der Waals surface area contributed by atoms with Crippen LogP contribution in [0.15, 0.2) is 22.7 Å². The van der Waals surface area contributed by atoms with Crippen molar-refractivity contribution >= 4 is 21.6 Å². The molecule has 0 radical (unpaired) electrons. The Morgan fingerprint density at radius 2 is 1.90 bits per heavy atom. The van der Waals surface area contributed by atoms with Crippen LogP contribution < -0.4 is 10.6 Å². The van der Waals surface area contributed by atoms with Crippen LogP contribution in [-0.4, -0.2) is 18.6 Å². The molecule has 0 amide bonds. The average Bonchev–Trinajstić information content (AvgIpc) is 2.91. The molecule has 0 saturated heterocycles. The summed E-state index contributed by atoms with van der Waals surface area (Å²) in [7, 11) is 0. The van der Waals surface area contributed by atoms with Gasteiger partial charge in [-0.25, -0.2) is 0 Å². The highest BCUT2D eigenvalue weighted by Gasteiger charge is 2.25. The van der Waals surface area contributed by atoms with Crippen molar-refractivity contribution in [1.82, 2.24) is 0 Å². The summed E-state index contributed by atoms with van der Waals surface area (Å²) in [5.74, 6) is 0.674. The van der Waals surface area contributed by atoms with Gasteiger partial charge in [0.05, 0.1) is 0 Å². The Kier molecular flexibility index (Phi) is 6.12. The quantitative estimate of drug-likeness (QED) is 0.800. The molecule has 1 aromatic carbocycles. The van der Waals surface area contributed by atoms with Crippen LogP contribution in [0.1, 0.15) is 52.0 Å². The van der Waals surface area contributed by atoms with Gasteiger partial charge in [-0.2, -0.15) is 0 Å². The first-order chi connectivity index (χ1) is 9.97. The van der Waals surface area contributed by atoms with Crippen molar-refractivity contribution in [3.05, 3.63) is 28.2 Å². The lowest BCUT2D eigenvalue weighted by atomic mass is 10.0. The number of benzene rings is 1. The van der Waals surface area contributed by atoms with E-state index in [4.69, 9.17) is 5.73 Å². The molecule has 2 N–H and O–H groups in total. The molecular weight excluding hydrogens is 324 g/mol. The van der Waals surface area contributed by atoms with E-state index in [1.807, 2.05) is 0 Å². The summed E-state index contributed by atoms with van der Waals surface area (Å²) < 4.78 is 1.16. The Morgan fingerprint density at radius 1 is 1.24 bits per heavy atom. The summed E-state index contributed by atoms with van der Waals surface area (Å²) in [6.45, 7) is 7.84. The van der Waals surface area contributed by atoms with Crippen molar-refractivity contribution in [3.63, 3.8) is 0 Å². The molecular formula is C18H29BrN2. The number of nitrogens with two attached hydrogens (primary N) is 1. The fourth-order valence-corrected chi connectivity index (χ4v) is 3.73. The molecule has 1 saturated carbocycles. The molecule has 0 aliphatic heterocycles. The van der Waals surface area contributed by atoms with Gasteiger partial charge in [-0.05, 0) is 49.8 Å². The average molecular weight is 353 g/mol. The van der Waals surface area contributed by atoms with E-state index in [0.29, 0.717) is 12.0 Å². The third-order valence-corrected chi connectivity index (χ3v) is 4.72. The number of nitrogens with zero attached hydrogens (tertiary/aromatic N) is 1.